The molecular formula is C16H25ClN2. The van der Waals surface area contributed by atoms with E-state index in [0.29, 0.717) is 11.5 Å². The fourth-order valence-electron chi connectivity index (χ4n) is 2.85. The maximum absolute atomic E-state index is 6.34. The zero-order chi connectivity index (χ0) is 14.0. The standard InChI is InChI=1S/C16H25ClN2/c1-5-12(2)19-7-6-15(18-19)9-13-8-14(17)11-16(3,4)10-13/h6-8,12,14H,5,9-11H2,1-4H3. The molecule has 1 heterocycles. The first-order valence-corrected chi connectivity index (χ1v) is 7.71. The Bertz CT molecular complexity index is 459. The summed E-state index contributed by atoms with van der Waals surface area (Å²) in [5.41, 5.74) is 2.91. The molecule has 0 spiro atoms. The van der Waals surface area contributed by atoms with E-state index in [0.717, 1.165) is 31.4 Å². The van der Waals surface area contributed by atoms with Crippen LogP contribution in [0.1, 0.15) is 58.7 Å². The molecule has 3 heteroatoms. The molecule has 2 unspecified atom stereocenters. The molecule has 106 valence electrons. The molecule has 1 aliphatic carbocycles. The van der Waals surface area contributed by atoms with Crippen molar-refractivity contribution in [3.05, 3.63) is 29.6 Å². The van der Waals surface area contributed by atoms with Gasteiger partial charge in [0, 0.05) is 18.7 Å². The third-order valence-electron chi connectivity index (χ3n) is 3.98. The van der Waals surface area contributed by atoms with Gasteiger partial charge in [0.05, 0.1) is 11.1 Å². The Hall–Kier alpha value is -0.760. The first-order valence-electron chi connectivity index (χ1n) is 7.27. The number of allylic oxidation sites excluding steroid dienone is 2. The normalized spacial score (nSPS) is 24.1. The zero-order valence-electron chi connectivity index (χ0n) is 12.5. The number of hydrogen-bond acceptors (Lipinski definition) is 1. The highest BCUT2D eigenvalue weighted by Gasteiger charge is 2.27. The molecule has 0 amide bonds. The van der Waals surface area contributed by atoms with Gasteiger partial charge in [0.15, 0.2) is 0 Å². The third kappa shape index (κ3) is 3.85. The van der Waals surface area contributed by atoms with Crippen LogP contribution in [0.3, 0.4) is 0 Å². The van der Waals surface area contributed by atoms with Gasteiger partial charge in [0.25, 0.3) is 0 Å². The van der Waals surface area contributed by atoms with Crippen LogP contribution in [0, 0.1) is 5.41 Å². The highest BCUT2D eigenvalue weighted by molar-refractivity contribution is 6.21. The van der Waals surface area contributed by atoms with Crippen LogP contribution in [0.4, 0.5) is 0 Å². The monoisotopic (exact) mass is 280 g/mol. The van der Waals surface area contributed by atoms with Crippen LogP contribution in [-0.4, -0.2) is 15.2 Å². The minimum Gasteiger partial charge on any atom is -0.270 e. The van der Waals surface area contributed by atoms with Crippen molar-refractivity contribution in [3.63, 3.8) is 0 Å². The average molecular weight is 281 g/mol. The summed E-state index contributed by atoms with van der Waals surface area (Å²) in [4.78, 5) is 0. The topological polar surface area (TPSA) is 17.8 Å². The van der Waals surface area contributed by atoms with Crippen molar-refractivity contribution < 1.29 is 0 Å². The molecule has 0 fully saturated rings. The molecule has 2 rings (SSSR count). The second kappa shape index (κ2) is 5.70. The lowest BCUT2D eigenvalue weighted by Gasteiger charge is -2.32. The molecule has 0 saturated heterocycles. The van der Waals surface area contributed by atoms with E-state index in [1.807, 2.05) is 0 Å². The number of nitrogens with zero attached hydrogens (tertiary/aromatic N) is 2. The highest BCUT2D eigenvalue weighted by Crippen LogP contribution is 2.38. The maximum atomic E-state index is 6.34. The van der Waals surface area contributed by atoms with Crippen LogP contribution in [0.15, 0.2) is 23.9 Å². The fraction of sp³-hybridized carbons (Fsp3) is 0.688. The summed E-state index contributed by atoms with van der Waals surface area (Å²) in [5.74, 6) is 0. The minimum atomic E-state index is 0.176. The van der Waals surface area contributed by atoms with E-state index in [2.05, 4.69) is 55.8 Å². The molecular weight excluding hydrogens is 256 g/mol. The summed E-state index contributed by atoms with van der Waals surface area (Å²) in [5, 5.41) is 4.86. The van der Waals surface area contributed by atoms with Crippen molar-refractivity contribution in [2.75, 3.05) is 0 Å². The van der Waals surface area contributed by atoms with Crippen LogP contribution in [0.5, 0.6) is 0 Å². The highest BCUT2D eigenvalue weighted by atomic mass is 35.5. The van der Waals surface area contributed by atoms with Crippen LogP contribution in [0.25, 0.3) is 0 Å². The third-order valence-corrected chi connectivity index (χ3v) is 4.26. The summed E-state index contributed by atoms with van der Waals surface area (Å²) in [6.45, 7) is 8.99. The Labute approximate surface area is 121 Å². The van der Waals surface area contributed by atoms with Gasteiger partial charge in [0.2, 0.25) is 0 Å². The van der Waals surface area contributed by atoms with Crippen molar-refractivity contribution in [1.82, 2.24) is 9.78 Å². The summed E-state index contributed by atoms with van der Waals surface area (Å²) >= 11 is 6.34. The van der Waals surface area contributed by atoms with Crippen LogP contribution in [-0.2, 0) is 6.42 Å². The Kier molecular flexibility index (Phi) is 4.39. The second-order valence-corrected chi connectivity index (χ2v) is 7.17. The molecule has 0 aliphatic heterocycles. The minimum absolute atomic E-state index is 0.176. The van der Waals surface area contributed by atoms with Gasteiger partial charge >= 0.3 is 0 Å². The maximum Gasteiger partial charge on any atom is 0.0665 e. The lowest BCUT2D eigenvalue weighted by Crippen LogP contribution is -2.23. The van der Waals surface area contributed by atoms with E-state index in [4.69, 9.17) is 11.6 Å². The number of rotatable bonds is 4. The lowest BCUT2D eigenvalue weighted by molar-refractivity contribution is 0.320. The van der Waals surface area contributed by atoms with Gasteiger partial charge in [0.1, 0.15) is 0 Å². The van der Waals surface area contributed by atoms with Gasteiger partial charge in [-0.2, -0.15) is 5.10 Å². The van der Waals surface area contributed by atoms with E-state index >= 15 is 0 Å². The Morgan fingerprint density at radius 2 is 2.26 bits per heavy atom. The van der Waals surface area contributed by atoms with Crippen molar-refractivity contribution in [2.24, 2.45) is 5.41 Å². The Morgan fingerprint density at radius 3 is 2.89 bits per heavy atom. The largest absolute Gasteiger partial charge is 0.270 e. The fourth-order valence-corrected chi connectivity index (χ4v) is 3.44. The van der Waals surface area contributed by atoms with E-state index in [-0.39, 0.29) is 5.38 Å². The molecule has 0 saturated carbocycles. The number of aromatic nitrogens is 2. The van der Waals surface area contributed by atoms with Gasteiger partial charge < -0.3 is 0 Å². The van der Waals surface area contributed by atoms with Crippen molar-refractivity contribution >= 4 is 11.6 Å². The molecule has 1 aromatic heterocycles. The van der Waals surface area contributed by atoms with Crippen LogP contribution in [0.2, 0.25) is 0 Å². The number of alkyl halides is 1. The van der Waals surface area contributed by atoms with Crippen molar-refractivity contribution in [3.8, 4) is 0 Å². The van der Waals surface area contributed by atoms with E-state index < -0.39 is 0 Å². The Morgan fingerprint density at radius 1 is 1.53 bits per heavy atom. The van der Waals surface area contributed by atoms with E-state index in [9.17, 15) is 0 Å². The van der Waals surface area contributed by atoms with Crippen molar-refractivity contribution in [2.45, 2.75) is 64.8 Å². The SMILES string of the molecule is CCC(C)n1ccc(CC2=CC(Cl)CC(C)(C)C2)n1. The van der Waals surface area contributed by atoms with Crippen molar-refractivity contribution in [1.29, 1.82) is 0 Å². The molecule has 0 radical (unpaired) electrons. The molecule has 1 aromatic rings. The predicted molar refractivity (Wildman–Crippen MR) is 81.7 cm³/mol. The summed E-state index contributed by atoms with van der Waals surface area (Å²) in [6.07, 6.45) is 8.58. The van der Waals surface area contributed by atoms with Gasteiger partial charge in [-0.05, 0) is 37.7 Å². The second-order valence-electron chi connectivity index (χ2n) is 6.61. The number of halogens is 1. The van der Waals surface area contributed by atoms with Gasteiger partial charge in [-0.15, -0.1) is 11.6 Å². The molecule has 1 aliphatic rings. The molecule has 2 nitrogen and oxygen atoms in total. The molecule has 0 bridgehead atoms. The zero-order valence-corrected chi connectivity index (χ0v) is 13.2. The lowest BCUT2D eigenvalue weighted by atomic mass is 9.76. The predicted octanol–water partition coefficient (Wildman–Crippen LogP) is 4.75. The molecule has 0 N–H and O–H groups in total. The van der Waals surface area contributed by atoms with Gasteiger partial charge in [-0.25, -0.2) is 0 Å². The van der Waals surface area contributed by atoms with E-state index in [1.165, 1.54) is 5.57 Å². The summed E-state index contributed by atoms with van der Waals surface area (Å²) < 4.78 is 2.07. The molecule has 2 atom stereocenters. The smallest absolute Gasteiger partial charge is 0.0665 e. The average Bonchev–Trinajstić information content (AvgIpc) is 2.73. The quantitative estimate of drug-likeness (QED) is 0.575. The summed E-state index contributed by atoms with van der Waals surface area (Å²) in [7, 11) is 0. The van der Waals surface area contributed by atoms with Gasteiger partial charge in [-0.3, -0.25) is 4.68 Å². The first-order chi connectivity index (χ1) is 8.89. The van der Waals surface area contributed by atoms with Gasteiger partial charge in [-0.1, -0.05) is 32.4 Å². The van der Waals surface area contributed by atoms with E-state index in [1.54, 1.807) is 0 Å². The molecule has 19 heavy (non-hydrogen) atoms. The van der Waals surface area contributed by atoms with Crippen LogP contribution < -0.4 is 0 Å². The summed E-state index contributed by atoms with van der Waals surface area (Å²) in [6, 6.07) is 2.61. The Balaban J connectivity index is 2.07. The van der Waals surface area contributed by atoms with Crippen LogP contribution >= 0.6 is 11.6 Å². The number of hydrogen-bond donors (Lipinski definition) is 0. The molecule has 0 aromatic carbocycles. The first kappa shape index (κ1) is 14.6.